The number of aliphatic carboxylic acids is 1. The van der Waals surface area contributed by atoms with Crippen LogP contribution in [-0.2, 0) is 19.2 Å². The Balaban J connectivity index is 1.71. The number of ketones is 1. The molecular weight excluding hydrogens is 456 g/mol. The topological polar surface area (TPSA) is 133 Å². The second-order valence-electron chi connectivity index (χ2n) is 10.6. The van der Waals surface area contributed by atoms with Crippen LogP contribution in [0.2, 0.25) is 0 Å². The molecular formula is C24H38N4O5S. The van der Waals surface area contributed by atoms with Crippen LogP contribution in [-0.4, -0.2) is 82.5 Å². The second-order valence-corrected chi connectivity index (χ2v) is 11.9. The van der Waals surface area contributed by atoms with E-state index in [1.54, 1.807) is 19.0 Å². The summed E-state index contributed by atoms with van der Waals surface area (Å²) in [5.74, 6) is -1.84. The van der Waals surface area contributed by atoms with Gasteiger partial charge in [0.05, 0.1) is 24.0 Å². The lowest BCUT2D eigenvalue weighted by atomic mass is 9.73. The quantitative estimate of drug-likeness (QED) is 0.387. The zero-order chi connectivity index (χ0) is 25.5. The van der Waals surface area contributed by atoms with Crippen molar-refractivity contribution in [3.05, 3.63) is 10.6 Å². The standard InChI is InChI=1S/C24H38N4O5S/c1-11(2)7-15(25)17(29)8-12(3)18-19-13(4)21(20(24(32)33)28(19)23(18)31)34-14-9-16(26-10-14)22(30)27(5)6/h11-16,18-19,26H,7-10,25H2,1-6H3,(H,32,33)/t12-,13+,14?,15+,16?,18+,19+/m0/s1. The molecule has 0 aromatic rings. The van der Waals surface area contributed by atoms with Crippen molar-refractivity contribution in [2.24, 2.45) is 29.4 Å². The Morgan fingerprint density at radius 2 is 1.91 bits per heavy atom. The highest BCUT2D eigenvalue weighted by Crippen LogP contribution is 2.53. The molecule has 2 unspecified atom stereocenters. The van der Waals surface area contributed by atoms with E-state index in [0.29, 0.717) is 30.2 Å². The fourth-order valence-electron chi connectivity index (χ4n) is 5.47. The maximum absolute atomic E-state index is 13.1. The van der Waals surface area contributed by atoms with Gasteiger partial charge in [0.1, 0.15) is 11.5 Å². The summed E-state index contributed by atoms with van der Waals surface area (Å²) >= 11 is 1.47. The van der Waals surface area contributed by atoms with E-state index in [4.69, 9.17) is 5.73 Å². The number of rotatable bonds is 10. The lowest BCUT2D eigenvalue weighted by Gasteiger charge is -2.47. The van der Waals surface area contributed by atoms with Crippen molar-refractivity contribution in [1.82, 2.24) is 15.1 Å². The number of nitrogens with one attached hydrogen (secondary N) is 1. The minimum absolute atomic E-state index is 0.00300. The number of carboxylic acids is 1. The second kappa shape index (κ2) is 10.4. The molecule has 34 heavy (non-hydrogen) atoms. The van der Waals surface area contributed by atoms with E-state index in [2.05, 4.69) is 5.32 Å². The molecule has 2 fully saturated rings. The van der Waals surface area contributed by atoms with E-state index < -0.39 is 17.9 Å². The van der Waals surface area contributed by atoms with Crippen LogP contribution < -0.4 is 11.1 Å². The lowest BCUT2D eigenvalue weighted by molar-refractivity contribution is -0.160. The van der Waals surface area contributed by atoms with Crippen LogP contribution in [0, 0.1) is 23.7 Å². The Labute approximate surface area is 205 Å². The number of Topliss-reactive ketones (excluding diaryl/α,β-unsaturated/α-hetero) is 1. The molecule has 10 heteroatoms. The van der Waals surface area contributed by atoms with E-state index in [0.717, 1.165) is 0 Å². The predicted molar refractivity (Wildman–Crippen MR) is 131 cm³/mol. The molecule has 9 nitrogen and oxygen atoms in total. The molecule has 0 aliphatic carbocycles. The Bertz CT molecular complexity index is 889. The van der Waals surface area contributed by atoms with Gasteiger partial charge in [-0.1, -0.05) is 27.7 Å². The summed E-state index contributed by atoms with van der Waals surface area (Å²) < 4.78 is 0. The minimum Gasteiger partial charge on any atom is -0.477 e. The Kier molecular flexibility index (Phi) is 8.14. The largest absolute Gasteiger partial charge is 0.477 e. The van der Waals surface area contributed by atoms with Gasteiger partial charge in [-0.05, 0) is 24.7 Å². The van der Waals surface area contributed by atoms with Crippen LogP contribution in [0.15, 0.2) is 10.6 Å². The van der Waals surface area contributed by atoms with Crippen molar-refractivity contribution in [3.63, 3.8) is 0 Å². The zero-order valence-electron chi connectivity index (χ0n) is 20.9. The van der Waals surface area contributed by atoms with Gasteiger partial charge in [-0.15, -0.1) is 11.8 Å². The number of carbonyl (C=O) groups is 4. The fraction of sp³-hybridized carbons (Fsp3) is 0.750. The average molecular weight is 495 g/mol. The summed E-state index contributed by atoms with van der Waals surface area (Å²) in [6.07, 6.45) is 1.42. The van der Waals surface area contributed by atoms with E-state index in [1.165, 1.54) is 16.7 Å². The number of nitrogens with two attached hydrogens (primary N) is 1. The Morgan fingerprint density at radius 1 is 1.26 bits per heavy atom. The number of likely N-dealkylation sites (N-methyl/N-ethyl adjacent to an activating group) is 1. The molecule has 2 amide bonds. The number of thioether (sulfide) groups is 1. The molecule has 0 bridgehead atoms. The number of hydrogen-bond donors (Lipinski definition) is 3. The van der Waals surface area contributed by atoms with Crippen molar-refractivity contribution in [1.29, 1.82) is 0 Å². The van der Waals surface area contributed by atoms with Crippen molar-refractivity contribution in [2.45, 2.75) is 70.3 Å². The number of carboxylic acid groups (broad SMARTS) is 1. The van der Waals surface area contributed by atoms with Crippen molar-refractivity contribution in [2.75, 3.05) is 20.6 Å². The third-order valence-corrected chi connectivity index (χ3v) is 8.70. The maximum atomic E-state index is 13.1. The third-order valence-electron chi connectivity index (χ3n) is 7.19. The molecule has 3 aliphatic heterocycles. The van der Waals surface area contributed by atoms with Crippen molar-refractivity contribution >= 4 is 35.3 Å². The molecule has 3 heterocycles. The summed E-state index contributed by atoms with van der Waals surface area (Å²) in [6.45, 7) is 8.47. The minimum atomic E-state index is -1.11. The number of nitrogens with zero attached hydrogens (tertiary/aromatic N) is 2. The smallest absolute Gasteiger partial charge is 0.353 e. The molecule has 4 N–H and O–H groups in total. The molecule has 190 valence electrons. The normalized spacial score (nSPS) is 30.3. The van der Waals surface area contributed by atoms with Gasteiger partial charge in [0, 0.05) is 43.1 Å². The molecule has 0 aromatic carbocycles. The summed E-state index contributed by atoms with van der Waals surface area (Å²) in [5, 5.41) is 13.2. The lowest BCUT2D eigenvalue weighted by Crippen LogP contribution is -2.62. The zero-order valence-corrected chi connectivity index (χ0v) is 21.7. The molecule has 0 radical (unpaired) electrons. The number of fused-ring (bicyclic) bond motifs is 1. The molecule has 3 rings (SSSR count). The van der Waals surface area contributed by atoms with Gasteiger partial charge in [-0.25, -0.2) is 4.79 Å². The van der Waals surface area contributed by atoms with Crippen LogP contribution in [0.1, 0.15) is 47.0 Å². The van der Waals surface area contributed by atoms with Crippen LogP contribution in [0.25, 0.3) is 0 Å². The fourth-order valence-corrected chi connectivity index (χ4v) is 6.95. The Morgan fingerprint density at radius 3 is 2.47 bits per heavy atom. The van der Waals surface area contributed by atoms with Gasteiger partial charge in [0.15, 0.2) is 0 Å². The number of amides is 2. The molecule has 0 spiro atoms. The average Bonchev–Trinajstić information content (AvgIpc) is 3.29. The van der Waals surface area contributed by atoms with Crippen LogP contribution in [0.5, 0.6) is 0 Å². The van der Waals surface area contributed by atoms with E-state index in [-0.39, 0.29) is 58.9 Å². The van der Waals surface area contributed by atoms with Crippen LogP contribution in [0.4, 0.5) is 0 Å². The first-order valence-corrected chi connectivity index (χ1v) is 12.9. The van der Waals surface area contributed by atoms with Gasteiger partial charge < -0.3 is 26.0 Å². The van der Waals surface area contributed by atoms with Crippen molar-refractivity contribution < 1.29 is 24.3 Å². The molecule has 3 aliphatic rings. The summed E-state index contributed by atoms with van der Waals surface area (Å²) in [5.41, 5.74) is 6.11. The summed E-state index contributed by atoms with van der Waals surface area (Å²) in [6, 6.07) is -1.09. The highest BCUT2D eigenvalue weighted by atomic mass is 32.2. The predicted octanol–water partition coefficient (Wildman–Crippen LogP) is 1.28. The van der Waals surface area contributed by atoms with Crippen LogP contribution >= 0.6 is 11.8 Å². The van der Waals surface area contributed by atoms with Gasteiger partial charge in [-0.2, -0.15) is 0 Å². The van der Waals surface area contributed by atoms with Crippen LogP contribution in [0.3, 0.4) is 0 Å². The maximum Gasteiger partial charge on any atom is 0.353 e. The van der Waals surface area contributed by atoms with Gasteiger partial charge in [0.25, 0.3) is 0 Å². The van der Waals surface area contributed by atoms with E-state index in [1.807, 2.05) is 27.7 Å². The van der Waals surface area contributed by atoms with Crippen molar-refractivity contribution in [3.8, 4) is 0 Å². The number of carbonyl (C=O) groups excluding carboxylic acids is 3. The van der Waals surface area contributed by atoms with Gasteiger partial charge in [-0.3, -0.25) is 14.4 Å². The van der Waals surface area contributed by atoms with Gasteiger partial charge >= 0.3 is 5.97 Å². The molecule has 2 saturated heterocycles. The first-order chi connectivity index (χ1) is 15.8. The summed E-state index contributed by atoms with van der Waals surface area (Å²) in [4.78, 5) is 53.8. The highest BCUT2D eigenvalue weighted by molar-refractivity contribution is 8.03. The Hall–Kier alpha value is -1.91. The third kappa shape index (κ3) is 5.04. The first-order valence-electron chi connectivity index (χ1n) is 12.0. The number of β-lactam (4-membered cyclic amide) rings is 1. The summed E-state index contributed by atoms with van der Waals surface area (Å²) in [7, 11) is 3.43. The molecule has 0 saturated carbocycles. The van der Waals surface area contributed by atoms with E-state index in [9.17, 15) is 24.3 Å². The molecule has 0 aromatic heterocycles. The monoisotopic (exact) mass is 494 g/mol. The highest BCUT2D eigenvalue weighted by Gasteiger charge is 2.60. The first kappa shape index (κ1) is 26.7. The number of hydrogen-bond acceptors (Lipinski definition) is 7. The SMILES string of the molecule is CC(C)C[C@@H](N)C(=O)C[C@H](C)[C@H]1C(=O)N2C(C(=O)O)=C(SC3CNC(C(=O)N(C)C)C3)[C@H](C)[C@H]12. The van der Waals surface area contributed by atoms with E-state index >= 15 is 0 Å². The molecule has 7 atom stereocenters. The van der Waals surface area contributed by atoms with Gasteiger partial charge in [0.2, 0.25) is 11.8 Å².